The molecule has 11 nitrogen and oxygen atoms in total. The summed E-state index contributed by atoms with van der Waals surface area (Å²) < 4.78 is 12.7. The van der Waals surface area contributed by atoms with Crippen molar-refractivity contribution in [1.82, 2.24) is 34.6 Å². The highest BCUT2D eigenvalue weighted by Crippen LogP contribution is 2.36. The van der Waals surface area contributed by atoms with Crippen molar-refractivity contribution < 1.29 is 9.26 Å². The van der Waals surface area contributed by atoms with Crippen LogP contribution in [0, 0.1) is 11.8 Å². The number of halogens is 1. The molecular formula is C25H29ClN8O3. The molecule has 6 rings (SSSR count). The van der Waals surface area contributed by atoms with Crippen molar-refractivity contribution in [2.24, 2.45) is 11.8 Å². The zero-order chi connectivity index (χ0) is 25.5. The number of rotatable bonds is 5. The molecule has 0 amide bonds. The maximum absolute atomic E-state index is 11.7. The molecule has 0 bridgehead atoms. The normalized spacial score (nSPS) is 22.6. The van der Waals surface area contributed by atoms with Gasteiger partial charge in [-0.3, -0.25) is 14.5 Å². The summed E-state index contributed by atoms with van der Waals surface area (Å²) in [7, 11) is 0. The molecule has 0 spiro atoms. The summed E-state index contributed by atoms with van der Waals surface area (Å²) in [4.78, 5) is 35.4. The monoisotopic (exact) mass is 524 g/mol. The molecule has 4 aromatic heterocycles. The molecule has 0 aromatic carbocycles. The second-order valence-electron chi connectivity index (χ2n) is 10.2. The first kappa shape index (κ1) is 24.1. The van der Waals surface area contributed by atoms with E-state index in [9.17, 15) is 4.79 Å². The summed E-state index contributed by atoms with van der Waals surface area (Å²) in [6, 6.07) is 1.98. The van der Waals surface area contributed by atoms with Gasteiger partial charge in [0.05, 0.1) is 24.3 Å². The first-order chi connectivity index (χ1) is 18.0. The third kappa shape index (κ3) is 4.73. The Kier molecular flexibility index (Phi) is 6.41. The lowest BCUT2D eigenvalue weighted by molar-refractivity contribution is 0.0976. The van der Waals surface area contributed by atoms with Crippen molar-refractivity contribution in [1.29, 1.82) is 0 Å². The fourth-order valence-corrected chi connectivity index (χ4v) is 5.56. The number of hydrogen-bond donors (Lipinski definition) is 1. The van der Waals surface area contributed by atoms with E-state index in [2.05, 4.69) is 38.4 Å². The Morgan fingerprint density at radius 2 is 1.97 bits per heavy atom. The second-order valence-corrected chi connectivity index (χ2v) is 10.6. The third-order valence-corrected chi connectivity index (χ3v) is 7.62. The fourth-order valence-electron chi connectivity index (χ4n) is 5.39. The maximum Gasteiger partial charge on any atom is 0.439 e. The number of nitrogens with zero attached hydrogens (tertiary/aromatic N) is 7. The smallest absolute Gasteiger partial charge is 0.377 e. The van der Waals surface area contributed by atoms with Gasteiger partial charge in [0.2, 0.25) is 17.6 Å². The zero-order valence-corrected chi connectivity index (χ0v) is 21.6. The van der Waals surface area contributed by atoms with Crippen LogP contribution in [-0.4, -0.2) is 60.4 Å². The van der Waals surface area contributed by atoms with Gasteiger partial charge in [0, 0.05) is 31.0 Å². The van der Waals surface area contributed by atoms with Crippen LogP contribution < -0.4 is 10.7 Å². The minimum atomic E-state index is -0.676. The van der Waals surface area contributed by atoms with Crippen molar-refractivity contribution in [3.63, 3.8) is 0 Å². The van der Waals surface area contributed by atoms with Crippen molar-refractivity contribution >= 4 is 28.7 Å². The molecule has 1 N–H and O–H groups in total. The number of aromatic nitrogens is 7. The standard InChI is InChI=1S/C25H29ClN8O3/c1-14-3-5-16(6-4-14)12-34-20-19(17-9-18(26)11-27-10-17)28-22(23-31-25(35)37-32-23)29-21(20)30-24(34)33-7-8-36-13-15(33)2/h9-11,14-16H,3-8,12-13H2,1-2H3,(H,31,32,35). The third-order valence-electron chi connectivity index (χ3n) is 7.41. The molecule has 0 radical (unpaired) electrons. The largest absolute Gasteiger partial charge is 0.439 e. The first-order valence-corrected chi connectivity index (χ1v) is 13.1. The number of anilines is 1. The maximum atomic E-state index is 11.7. The van der Waals surface area contributed by atoms with Gasteiger partial charge in [0.25, 0.3) is 0 Å². The highest BCUT2D eigenvalue weighted by molar-refractivity contribution is 6.30. The summed E-state index contributed by atoms with van der Waals surface area (Å²) in [5.74, 6) is 1.82. The van der Waals surface area contributed by atoms with E-state index in [0.717, 1.165) is 36.0 Å². The lowest BCUT2D eigenvalue weighted by Gasteiger charge is -2.35. The highest BCUT2D eigenvalue weighted by Gasteiger charge is 2.30. The van der Waals surface area contributed by atoms with E-state index in [1.165, 1.54) is 25.7 Å². The summed E-state index contributed by atoms with van der Waals surface area (Å²) in [5, 5.41) is 4.30. The molecule has 2 aliphatic rings. The van der Waals surface area contributed by atoms with E-state index in [4.69, 9.17) is 35.8 Å². The predicted octanol–water partition coefficient (Wildman–Crippen LogP) is 3.94. The molecule has 4 aromatic rings. The van der Waals surface area contributed by atoms with Gasteiger partial charge in [-0.05, 0) is 37.7 Å². The molecule has 37 heavy (non-hydrogen) atoms. The molecule has 1 aliphatic heterocycles. The van der Waals surface area contributed by atoms with Crippen molar-refractivity contribution in [2.45, 2.75) is 52.1 Å². The molecule has 5 heterocycles. The van der Waals surface area contributed by atoms with Crippen LogP contribution in [0.25, 0.3) is 34.1 Å². The number of pyridine rings is 1. The van der Waals surface area contributed by atoms with Crippen LogP contribution in [0.4, 0.5) is 5.95 Å². The Morgan fingerprint density at radius 3 is 2.70 bits per heavy atom. The van der Waals surface area contributed by atoms with E-state index in [-0.39, 0.29) is 17.7 Å². The number of morpholine rings is 1. The van der Waals surface area contributed by atoms with Gasteiger partial charge in [-0.25, -0.2) is 14.8 Å². The number of aromatic amines is 1. The minimum Gasteiger partial charge on any atom is -0.377 e. The molecule has 1 saturated heterocycles. The van der Waals surface area contributed by atoms with Crippen LogP contribution in [0.2, 0.25) is 5.02 Å². The molecule has 1 atom stereocenters. The number of ether oxygens (including phenoxy) is 1. The Hall–Kier alpha value is -3.31. The highest BCUT2D eigenvalue weighted by atomic mass is 35.5. The first-order valence-electron chi connectivity index (χ1n) is 12.8. The topological polar surface area (TPSA) is 128 Å². The Bertz CT molecular complexity index is 1470. The van der Waals surface area contributed by atoms with Crippen LogP contribution >= 0.6 is 11.6 Å². The number of hydrogen-bond acceptors (Lipinski definition) is 9. The quantitative estimate of drug-likeness (QED) is 0.412. The summed E-state index contributed by atoms with van der Waals surface area (Å²) in [6.07, 6.45) is 8.11. The molecule has 194 valence electrons. The van der Waals surface area contributed by atoms with Crippen molar-refractivity contribution in [3.05, 3.63) is 34.0 Å². The SMILES string of the molecule is CC1CCC(Cn2c(N3CCOCC3C)nc3nc(-c4noc(=O)[nH]4)nc(-c4cncc(Cl)c4)c32)CC1. The summed E-state index contributed by atoms with van der Waals surface area (Å²) in [6.45, 7) is 7.29. The van der Waals surface area contributed by atoms with E-state index >= 15 is 0 Å². The van der Waals surface area contributed by atoms with Gasteiger partial charge in [-0.15, -0.1) is 0 Å². The van der Waals surface area contributed by atoms with Crippen LogP contribution in [-0.2, 0) is 11.3 Å². The van der Waals surface area contributed by atoms with Crippen molar-refractivity contribution in [3.8, 4) is 22.9 Å². The Labute approximate surface area is 218 Å². The van der Waals surface area contributed by atoms with Crippen LogP contribution in [0.15, 0.2) is 27.8 Å². The predicted molar refractivity (Wildman–Crippen MR) is 138 cm³/mol. The number of fused-ring (bicyclic) bond motifs is 1. The lowest BCUT2D eigenvalue weighted by Crippen LogP contribution is -2.45. The van der Waals surface area contributed by atoms with Gasteiger partial charge in [0.1, 0.15) is 11.2 Å². The van der Waals surface area contributed by atoms with Crippen LogP contribution in [0.1, 0.15) is 39.5 Å². The molecule has 12 heteroatoms. The number of imidazole rings is 1. The summed E-state index contributed by atoms with van der Waals surface area (Å²) >= 11 is 6.34. The van der Waals surface area contributed by atoms with E-state index in [1.807, 2.05) is 6.07 Å². The lowest BCUT2D eigenvalue weighted by atomic mass is 9.83. The van der Waals surface area contributed by atoms with E-state index in [0.29, 0.717) is 35.5 Å². The number of nitrogens with one attached hydrogen (secondary N) is 1. The molecular weight excluding hydrogens is 496 g/mol. The van der Waals surface area contributed by atoms with Gasteiger partial charge in [-0.2, -0.15) is 4.98 Å². The van der Waals surface area contributed by atoms with Crippen molar-refractivity contribution in [2.75, 3.05) is 24.7 Å². The van der Waals surface area contributed by atoms with E-state index in [1.54, 1.807) is 12.4 Å². The van der Waals surface area contributed by atoms with E-state index < -0.39 is 5.76 Å². The minimum absolute atomic E-state index is 0.139. The fraction of sp³-hybridized carbons (Fsp3) is 0.520. The average Bonchev–Trinajstić information content (AvgIpc) is 3.49. The van der Waals surface area contributed by atoms with Gasteiger partial charge >= 0.3 is 5.76 Å². The Morgan fingerprint density at radius 1 is 1.14 bits per heavy atom. The van der Waals surface area contributed by atoms with Gasteiger partial charge in [0.15, 0.2) is 5.65 Å². The summed E-state index contributed by atoms with van der Waals surface area (Å²) in [5.41, 5.74) is 2.68. The number of H-pyrrole nitrogens is 1. The second kappa shape index (κ2) is 9.86. The molecule has 2 fully saturated rings. The van der Waals surface area contributed by atoms with Gasteiger partial charge in [-0.1, -0.05) is 36.5 Å². The van der Waals surface area contributed by atoms with Gasteiger partial charge < -0.3 is 14.2 Å². The van der Waals surface area contributed by atoms with Crippen LogP contribution in [0.5, 0.6) is 0 Å². The molecule has 1 unspecified atom stereocenters. The Balaban J connectivity index is 1.58. The average molecular weight is 525 g/mol. The zero-order valence-electron chi connectivity index (χ0n) is 20.9. The van der Waals surface area contributed by atoms with Crippen LogP contribution in [0.3, 0.4) is 0 Å². The molecule has 1 aliphatic carbocycles. The molecule has 1 saturated carbocycles.